The molecule has 0 aliphatic carbocycles. The van der Waals surface area contributed by atoms with Gasteiger partial charge in [0.25, 0.3) is 0 Å². The molecule has 0 N–H and O–H groups in total. The van der Waals surface area contributed by atoms with Gasteiger partial charge >= 0.3 is 24.3 Å². The lowest BCUT2D eigenvalue weighted by Gasteiger charge is -2.35. The van der Waals surface area contributed by atoms with Gasteiger partial charge in [-0.2, -0.15) is 26.3 Å². The van der Waals surface area contributed by atoms with E-state index in [9.17, 15) is 35.9 Å². The number of rotatable bonds is 16. The Morgan fingerprint density at radius 2 is 0.974 bits per heavy atom. The highest BCUT2D eigenvalue weighted by atomic mass is 19.4. The Balaban J connectivity index is 0. The van der Waals surface area contributed by atoms with Crippen LogP contribution in [0.5, 0.6) is 0 Å². The van der Waals surface area contributed by atoms with Crippen molar-refractivity contribution in [1.29, 1.82) is 0 Å². The fourth-order valence-corrected chi connectivity index (χ4v) is 3.78. The van der Waals surface area contributed by atoms with E-state index < -0.39 is 41.8 Å². The van der Waals surface area contributed by atoms with Gasteiger partial charge in [-0.15, -0.1) is 0 Å². The van der Waals surface area contributed by atoms with Gasteiger partial charge in [0, 0.05) is 12.8 Å². The van der Waals surface area contributed by atoms with Crippen LogP contribution < -0.4 is 0 Å². The molecule has 234 valence electrons. The molecule has 0 fully saturated rings. The second kappa shape index (κ2) is 17.4. The predicted molar refractivity (Wildman–Crippen MR) is 142 cm³/mol. The zero-order chi connectivity index (χ0) is 31.1. The van der Waals surface area contributed by atoms with Crippen LogP contribution in [0.1, 0.15) is 139 Å². The first-order chi connectivity index (χ1) is 17.7. The summed E-state index contributed by atoms with van der Waals surface area (Å²) in [5, 5.41) is 0. The van der Waals surface area contributed by atoms with E-state index in [-0.39, 0.29) is 43.5 Å². The third-order valence-electron chi connectivity index (χ3n) is 7.84. The average Bonchev–Trinajstić information content (AvgIpc) is 2.85. The van der Waals surface area contributed by atoms with Gasteiger partial charge in [0.2, 0.25) is 0 Å². The summed E-state index contributed by atoms with van der Waals surface area (Å²) in [7, 11) is 0. The summed E-state index contributed by atoms with van der Waals surface area (Å²) in [6, 6.07) is 0. The third-order valence-corrected chi connectivity index (χ3v) is 7.84. The highest BCUT2D eigenvalue weighted by molar-refractivity contribution is 5.76. The van der Waals surface area contributed by atoms with Crippen LogP contribution in [0.15, 0.2) is 0 Å². The minimum Gasteiger partial charge on any atom is -0.459 e. The molecule has 0 saturated heterocycles. The van der Waals surface area contributed by atoms with Gasteiger partial charge in [-0.05, 0) is 78.1 Å². The van der Waals surface area contributed by atoms with Crippen LogP contribution in [-0.4, -0.2) is 35.5 Å². The van der Waals surface area contributed by atoms with Crippen molar-refractivity contribution >= 4 is 11.9 Å². The van der Waals surface area contributed by atoms with Crippen molar-refractivity contribution in [2.45, 2.75) is 163 Å². The molecular weight excluding hydrogens is 526 g/mol. The van der Waals surface area contributed by atoms with Crippen molar-refractivity contribution in [1.82, 2.24) is 0 Å². The van der Waals surface area contributed by atoms with Crippen LogP contribution in [-0.2, 0) is 19.1 Å². The van der Waals surface area contributed by atoms with Gasteiger partial charge in [-0.3, -0.25) is 9.59 Å². The van der Waals surface area contributed by atoms with Crippen molar-refractivity contribution in [3.63, 3.8) is 0 Å². The third kappa shape index (κ3) is 16.4. The molecule has 0 aromatic rings. The normalized spacial score (nSPS) is 13.8. The molecule has 0 aliphatic rings. The number of ether oxygens (including phenoxy) is 2. The SMILES string of the molecule is CCC(C)C(=O)OC(CC)(CC)CCCC(F)(F)F.CCC(CC)(CCCC(F)(F)F)OC(=O)C(C)(C)CC. The minimum absolute atomic E-state index is 0.00103. The predicted octanol–water partition coefficient (Wildman–Crippen LogP) is 10.1. The minimum atomic E-state index is -4.15. The molecule has 39 heavy (non-hydrogen) atoms. The van der Waals surface area contributed by atoms with Gasteiger partial charge in [0.05, 0.1) is 11.3 Å². The van der Waals surface area contributed by atoms with E-state index in [0.29, 0.717) is 38.5 Å². The molecule has 0 aromatic heterocycles. The first kappa shape index (κ1) is 39.7. The number of carbonyl (C=O) groups is 2. The zero-order valence-electron chi connectivity index (χ0n) is 25.5. The Labute approximate surface area is 232 Å². The molecule has 0 heterocycles. The fourth-order valence-electron chi connectivity index (χ4n) is 3.78. The van der Waals surface area contributed by atoms with E-state index in [2.05, 4.69) is 0 Å². The zero-order valence-corrected chi connectivity index (χ0v) is 25.5. The highest BCUT2D eigenvalue weighted by Crippen LogP contribution is 2.34. The molecule has 0 radical (unpaired) electrons. The Bertz CT molecular complexity index is 693. The van der Waals surface area contributed by atoms with Crippen molar-refractivity contribution in [3.8, 4) is 0 Å². The monoisotopic (exact) mass is 578 g/mol. The number of halogens is 6. The molecule has 0 spiro atoms. The van der Waals surface area contributed by atoms with Gasteiger partial charge in [-0.1, -0.05) is 48.5 Å². The summed E-state index contributed by atoms with van der Waals surface area (Å²) in [6.07, 6.45) is -5.97. The summed E-state index contributed by atoms with van der Waals surface area (Å²) in [5.41, 5.74) is -2.11. The van der Waals surface area contributed by atoms with Gasteiger partial charge in [0.1, 0.15) is 11.2 Å². The van der Waals surface area contributed by atoms with Crippen molar-refractivity contribution in [2.24, 2.45) is 11.3 Å². The smallest absolute Gasteiger partial charge is 0.389 e. The molecular formula is C29H52F6O4. The number of hydrogen-bond donors (Lipinski definition) is 0. The summed E-state index contributed by atoms with van der Waals surface area (Å²) >= 11 is 0. The molecule has 0 aromatic carbocycles. The molecule has 1 atom stereocenters. The molecule has 0 rings (SSSR count). The van der Waals surface area contributed by atoms with Crippen molar-refractivity contribution in [2.75, 3.05) is 0 Å². The Morgan fingerprint density at radius 1 is 0.615 bits per heavy atom. The lowest BCUT2D eigenvalue weighted by molar-refractivity contribution is -0.174. The lowest BCUT2D eigenvalue weighted by Crippen LogP contribution is -2.39. The summed E-state index contributed by atoms with van der Waals surface area (Å²) in [5.74, 6) is -0.839. The van der Waals surface area contributed by atoms with Crippen LogP contribution in [0.4, 0.5) is 26.3 Å². The molecule has 10 heteroatoms. The van der Waals surface area contributed by atoms with E-state index in [1.807, 2.05) is 41.5 Å². The average molecular weight is 579 g/mol. The quantitative estimate of drug-likeness (QED) is 0.135. The van der Waals surface area contributed by atoms with Gasteiger partial charge in [-0.25, -0.2) is 0 Å². The maximum Gasteiger partial charge on any atom is 0.389 e. The van der Waals surface area contributed by atoms with Gasteiger partial charge in [0.15, 0.2) is 0 Å². The number of hydrogen-bond acceptors (Lipinski definition) is 4. The number of esters is 2. The van der Waals surface area contributed by atoms with Gasteiger partial charge < -0.3 is 9.47 Å². The Hall–Kier alpha value is -1.48. The Morgan fingerprint density at radius 3 is 1.26 bits per heavy atom. The lowest BCUT2D eigenvalue weighted by atomic mass is 9.87. The number of alkyl halides is 6. The van der Waals surface area contributed by atoms with Crippen LogP contribution >= 0.6 is 0 Å². The van der Waals surface area contributed by atoms with Crippen LogP contribution in [0.2, 0.25) is 0 Å². The van der Waals surface area contributed by atoms with E-state index in [1.54, 1.807) is 20.8 Å². The summed E-state index contributed by atoms with van der Waals surface area (Å²) < 4.78 is 84.3. The standard InChI is InChI=1S/C15H27F3O2.C14H25F3O2/c1-6-13(4,5)12(19)20-14(7-2,8-3)10-9-11-15(16,17)18;1-5-11(4)12(18)19-13(6-2,7-3)9-8-10-14(15,16)17/h6-11H2,1-5H3;11H,5-10H2,1-4H3. The first-order valence-electron chi connectivity index (χ1n) is 14.3. The van der Waals surface area contributed by atoms with Crippen molar-refractivity contribution < 1.29 is 45.4 Å². The second-order valence-electron chi connectivity index (χ2n) is 11.1. The van der Waals surface area contributed by atoms with E-state index in [4.69, 9.17) is 9.47 Å². The maximum absolute atomic E-state index is 12.2. The molecule has 0 bridgehead atoms. The molecule has 0 amide bonds. The van der Waals surface area contributed by atoms with Crippen LogP contribution in [0.3, 0.4) is 0 Å². The molecule has 0 saturated carbocycles. The summed E-state index contributed by atoms with van der Waals surface area (Å²) in [4.78, 5) is 24.0. The Kier molecular flexibility index (Phi) is 17.7. The molecule has 1 unspecified atom stereocenters. The van der Waals surface area contributed by atoms with E-state index in [0.717, 1.165) is 0 Å². The molecule has 0 aliphatic heterocycles. The first-order valence-corrected chi connectivity index (χ1v) is 14.3. The maximum atomic E-state index is 12.2. The van der Waals surface area contributed by atoms with Crippen LogP contribution in [0, 0.1) is 11.3 Å². The summed E-state index contributed by atoms with van der Waals surface area (Å²) in [6.45, 7) is 16.5. The molecule has 4 nitrogen and oxygen atoms in total. The van der Waals surface area contributed by atoms with E-state index in [1.165, 1.54) is 0 Å². The number of carbonyl (C=O) groups excluding carboxylic acids is 2. The second-order valence-corrected chi connectivity index (χ2v) is 11.1. The largest absolute Gasteiger partial charge is 0.459 e. The van der Waals surface area contributed by atoms with E-state index >= 15 is 0 Å². The van der Waals surface area contributed by atoms with Crippen LogP contribution in [0.25, 0.3) is 0 Å². The fraction of sp³-hybridized carbons (Fsp3) is 0.931. The van der Waals surface area contributed by atoms with Crippen molar-refractivity contribution in [3.05, 3.63) is 0 Å². The highest BCUT2D eigenvalue weighted by Gasteiger charge is 2.38. The topological polar surface area (TPSA) is 52.6 Å².